The maximum atomic E-state index is 6.79. The molecule has 2 aliphatic rings. The lowest BCUT2D eigenvalue weighted by molar-refractivity contribution is 0.590. The van der Waals surface area contributed by atoms with E-state index in [1.807, 2.05) is 0 Å². The van der Waals surface area contributed by atoms with Crippen LogP contribution in [0.3, 0.4) is 0 Å². The molecule has 0 unspecified atom stereocenters. The molecule has 2 aliphatic heterocycles. The van der Waals surface area contributed by atoms with Crippen molar-refractivity contribution in [3.05, 3.63) is 128 Å². The van der Waals surface area contributed by atoms with E-state index in [4.69, 9.17) is 4.65 Å². The second kappa shape index (κ2) is 7.40. The highest BCUT2D eigenvalue weighted by molar-refractivity contribution is 6.86. The van der Waals surface area contributed by atoms with Crippen molar-refractivity contribution in [2.24, 2.45) is 0 Å². The molecule has 0 atom stereocenters. The standard InChI is InChI=1S/C32H21BN2O/c1-3-11-23(12-4-1)34-20-19-22-21-28-31-30(32(22)34)25-15-7-10-18-29(25)36-33(31)26-16-8-9-17-27(26)35(28)24-13-5-2-6-14-24/h1-21H. The first-order valence-corrected chi connectivity index (χ1v) is 12.3. The zero-order valence-electron chi connectivity index (χ0n) is 19.5. The van der Waals surface area contributed by atoms with Gasteiger partial charge in [-0.3, -0.25) is 0 Å². The van der Waals surface area contributed by atoms with E-state index < -0.39 is 0 Å². The Morgan fingerprint density at radius 2 is 1.31 bits per heavy atom. The first kappa shape index (κ1) is 19.6. The van der Waals surface area contributed by atoms with E-state index in [2.05, 4.69) is 137 Å². The van der Waals surface area contributed by atoms with Gasteiger partial charge in [0.1, 0.15) is 5.75 Å². The Hall–Kier alpha value is -4.70. The van der Waals surface area contributed by atoms with Crippen LogP contribution in [-0.4, -0.2) is 11.5 Å². The van der Waals surface area contributed by atoms with Gasteiger partial charge < -0.3 is 14.1 Å². The van der Waals surface area contributed by atoms with Crippen molar-refractivity contribution >= 4 is 45.8 Å². The zero-order chi connectivity index (χ0) is 23.6. The highest BCUT2D eigenvalue weighted by Crippen LogP contribution is 2.46. The quantitative estimate of drug-likeness (QED) is 0.272. The van der Waals surface area contributed by atoms with Crippen molar-refractivity contribution in [3.63, 3.8) is 0 Å². The van der Waals surface area contributed by atoms with Gasteiger partial charge in [0.05, 0.1) is 5.52 Å². The van der Waals surface area contributed by atoms with Gasteiger partial charge in [0.2, 0.25) is 0 Å². The maximum absolute atomic E-state index is 6.79. The van der Waals surface area contributed by atoms with E-state index in [1.54, 1.807) is 0 Å². The average molecular weight is 460 g/mol. The summed E-state index contributed by atoms with van der Waals surface area (Å²) in [6.07, 6.45) is 2.19. The van der Waals surface area contributed by atoms with Gasteiger partial charge in [-0.25, -0.2) is 0 Å². The summed E-state index contributed by atoms with van der Waals surface area (Å²) in [5.74, 6) is 0.928. The Labute approximate surface area is 209 Å². The number of aromatic nitrogens is 1. The molecule has 0 spiro atoms. The molecule has 1 aromatic heterocycles. The van der Waals surface area contributed by atoms with Crippen molar-refractivity contribution in [1.82, 2.24) is 4.57 Å². The number of fused-ring (bicyclic) bond motifs is 6. The predicted molar refractivity (Wildman–Crippen MR) is 149 cm³/mol. The third-order valence-electron chi connectivity index (χ3n) is 7.41. The zero-order valence-corrected chi connectivity index (χ0v) is 19.5. The van der Waals surface area contributed by atoms with Gasteiger partial charge in [0, 0.05) is 50.9 Å². The molecule has 3 heterocycles. The normalized spacial score (nSPS) is 13.1. The number of hydrogen-bond acceptors (Lipinski definition) is 2. The fourth-order valence-corrected chi connectivity index (χ4v) is 5.91. The van der Waals surface area contributed by atoms with Gasteiger partial charge in [0.25, 0.3) is 0 Å². The molecule has 168 valence electrons. The Morgan fingerprint density at radius 3 is 2.14 bits per heavy atom. The van der Waals surface area contributed by atoms with E-state index in [1.165, 1.54) is 33.1 Å². The monoisotopic (exact) mass is 460 g/mol. The van der Waals surface area contributed by atoms with Gasteiger partial charge >= 0.3 is 6.92 Å². The fraction of sp³-hybridized carbons (Fsp3) is 0. The lowest BCUT2D eigenvalue weighted by atomic mass is 9.49. The van der Waals surface area contributed by atoms with Crippen LogP contribution in [0.25, 0.3) is 27.7 Å². The first-order chi connectivity index (χ1) is 17.9. The van der Waals surface area contributed by atoms with Crippen LogP contribution in [0, 0.1) is 0 Å². The summed E-state index contributed by atoms with van der Waals surface area (Å²) >= 11 is 0. The summed E-state index contributed by atoms with van der Waals surface area (Å²) < 4.78 is 9.10. The molecule has 3 nitrogen and oxygen atoms in total. The predicted octanol–water partition coefficient (Wildman–Crippen LogP) is 6.58. The van der Waals surface area contributed by atoms with Crippen molar-refractivity contribution in [2.45, 2.75) is 0 Å². The smallest absolute Gasteiger partial charge is 0.431 e. The van der Waals surface area contributed by atoms with Crippen LogP contribution in [0.4, 0.5) is 17.1 Å². The Kier molecular flexibility index (Phi) is 4.03. The second-order valence-electron chi connectivity index (χ2n) is 9.37. The van der Waals surface area contributed by atoms with E-state index >= 15 is 0 Å². The van der Waals surface area contributed by atoms with Crippen LogP contribution in [0.5, 0.6) is 5.75 Å². The van der Waals surface area contributed by atoms with E-state index in [0.29, 0.717) is 0 Å². The second-order valence-corrected chi connectivity index (χ2v) is 9.37. The minimum absolute atomic E-state index is 0.176. The Bertz CT molecular complexity index is 1780. The molecule has 5 aromatic carbocycles. The third kappa shape index (κ3) is 2.64. The molecule has 36 heavy (non-hydrogen) atoms. The van der Waals surface area contributed by atoms with Gasteiger partial charge in [-0.2, -0.15) is 0 Å². The maximum Gasteiger partial charge on any atom is 0.431 e. The van der Waals surface area contributed by atoms with Crippen molar-refractivity contribution in [3.8, 4) is 22.6 Å². The average Bonchev–Trinajstić information content (AvgIpc) is 3.38. The highest BCUT2D eigenvalue weighted by Gasteiger charge is 2.43. The molecule has 0 bridgehead atoms. The topological polar surface area (TPSA) is 17.4 Å². The number of benzene rings is 5. The van der Waals surface area contributed by atoms with E-state index in [9.17, 15) is 0 Å². The largest absolute Gasteiger partial charge is 0.551 e. The van der Waals surface area contributed by atoms with Gasteiger partial charge in [-0.15, -0.1) is 0 Å². The van der Waals surface area contributed by atoms with Crippen LogP contribution >= 0.6 is 0 Å². The van der Waals surface area contributed by atoms with Crippen LogP contribution in [0.1, 0.15) is 0 Å². The molecule has 0 amide bonds. The van der Waals surface area contributed by atoms with Crippen LogP contribution in [0.2, 0.25) is 0 Å². The number of hydrogen-bond donors (Lipinski definition) is 0. The summed E-state index contributed by atoms with van der Waals surface area (Å²) in [5, 5.41) is 1.21. The van der Waals surface area contributed by atoms with Gasteiger partial charge in [-0.1, -0.05) is 72.8 Å². The van der Waals surface area contributed by atoms with Crippen molar-refractivity contribution < 1.29 is 4.65 Å². The summed E-state index contributed by atoms with van der Waals surface area (Å²) in [5.41, 5.74) is 10.6. The molecule has 0 fully saturated rings. The summed E-state index contributed by atoms with van der Waals surface area (Å²) in [4.78, 5) is 2.39. The third-order valence-corrected chi connectivity index (χ3v) is 7.41. The Morgan fingerprint density at radius 1 is 0.611 bits per heavy atom. The molecule has 6 aromatic rings. The number of nitrogens with zero attached hydrogens (tertiary/aromatic N) is 2. The number of rotatable bonds is 2. The lowest BCUT2D eigenvalue weighted by Gasteiger charge is -2.40. The van der Waals surface area contributed by atoms with Gasteiger partial charge in [-0.05, 0) is 54.0 Å². The fourth-order valence-electron chi connectivity index (χ4n) is 5.91. The molecule has 0 radical (unpaired) electrons. The molecule has 0 saturated carbocycles. The molecule has 4 heteroatoms. The molecule has 0 N–H and O–H groups in total. The van der Waals surface area contributed by atoms with Crippen LogP contribution < -0.4 is 20.5 Å². The molecule has 0 saturated heterocycles. The minimum atomic E-state index is -0.176. The van der Waals surface area contributed by atoms with E-state index in [-0.39, 0.29) is 6.92 Å². The lowest BCUT2D eigenvalue weighted by Crippen LogP contribution is -2.56. The first-order valence-electron chi connectivity index (χ1n) is 12.3. The number of anilines is 3. The summed E-state index contributed by atoms with van der Waals surface area (Å²) in [6.45, 7) is -0.176. The molecule has 8 rings (SSSR count). The van der Waals surface area contributed by atoms with Gasteiger partial charge in [0.15, 0.2) is 0 Å². The van der Waals surface area contributed by atoms with Crippen LogP contribution in [0.15, 0.2) is 128 Å². The summed E-state index contributed by atoms with van der Waals surface area (Å²) in [6, 6.07) is 42.9. The SMILES string of the molecule is c1ccc(N2c3ccccc3B3Oc4ccccc4-c4c3c2cc2ccn(-c3ccccc3)c42)cc1. The minimum Gasteiger partial charge on any atom is -0.551 e. The molecule has 0 aliphatic carbocycles. The summed E-state index contributed by atoms with van der Waals surface area (Å²) in [7, 11) is 0. The van der Waals surface area contributed by atoms with E-state index in [0.717, 1.165) is 28.4 Å². The number of para-hydroxylation sites is 4. The van der Waals surface area contributed by atoms with Crippen molar-refractivity contribution in [1.29, 1.82) is 0 Å². The van der Waals surface area contributed by atoms with Crippen molar-refractivity contribution in [2.75, 3.05) is 4.90 Å². The molecular formula is C32H21BN2O. The Balaban J connectivity index is 1.54. The van der Waals surface area contributed by atoms with Crippen LogP contribution in [-0.2, 0) is 0 Å². The highest BCUT2D eigenvalue weighted by atomic mass is 16.4. The molecular weight excluding hydrogens is 439 g/mol.